The van der Waals surface area contributed by atoms with E-state index in [-0.39, 0.29) is 0 Å². The second-order valence-corrected chi connectivity index (χ2v) is 2.77. The van der Waals surface area contributed by atoms with E-state index >= 15 is 0 Å². The van der Waals surface area contributed by atoms with Gasteiger partial charge in [0.2, 0.25) is 0 Å². The molecule has 0 bridgehead atoms. The summed E-state index contributed by atoms with van der Waals surface area (Å²) in [6.45, 7) is 4.12. The number of nitrogens with one attached hydrogen (secondary N) is 1. The van der Waals surface area contributed by atoms with Crippen molar-refractivity contribution in [1.29, 1.82) is 0 Å². The largest absolute Gasteiger partial charge is 0.380 e. The van der Waals surface area contributed by atoms with Crippen molar-refractivity contribution < 1.29 is 4.74 Å². The van der Waals surface area contributed by atoms with Gasteiger partial charge < -0.3 is 10.1 Å². The summed E-state index contributed by atoms with van der Waals surface area (Å²) in [6, 6.07) is 0. The van der Waals surface area contributed by atoms with E-state index in [2.05, 4.69) is 18.3 Å². The summed E-state index contributed by atoms with van der Waals surface area (Å²) in [5.41, 5.74) is 1.43. The van der Waals surface area contributed by atoms with Gasteiger partial charge in [0.25, 0.3) is 0 Å². The van der Waals surface area contributed by atoms with E-state index < -0.39 is 0 Å². The summed E-state index contributed by atoms with van der Waals surface area (Å²) >= 11 is 0. The molecule has 1 rings (SSSR count). The van der Waals surface area contributed by atoms with Gasteiger partial charge in [-0.2, -0.15) is 0 Å². The van der Waals surface area contributed by atoms with Crippen LogP contribution in [0.1, 0.15) is 13.3 Å². The molecule has 0 aromatic rings. The molecule has 0 spiro atoms. The van der Waals surface area contributed by atoms with Crippen LogP contribution in [0.25, 0.3) is 0 Å². The molecular formula is C8H15NO. The molecule has 0 saturated heterocycles. The maximum atomic E-state index is 5.24. The molecule has 0 aromatic heterocycles. The van der Waals surface area contributed by atoms with Crippen molar-refractivity contribution in [2.24, 2.45) is 0 Å². The van der Waals surface area contributed by atoms with Gasteiger partial charge in [0.05, 0.1) is 6.10 Å². The minimum Gasteiger partial charge on any atom is -0.380 e. The molecule has 1 aliphatic heterocycles. The second kappa shape index (κ2) is 3.74. The standard InChI is InChI=1S/C8H15NO/c1-7-3-4-9-6-8(5-7)10-2/h3,8-9H,4-6H2,1-2H3. The Morgan fingerprint density at radius 1 is 1.70 bits per heavy atom. The average Bonchev–Trinajstić information content (AvgIpc) is 2.13. The van der Waals surface area contributed by atoms with E-state index in [0.29, 0.717) is 6.10 Å². The van der Waals surface area contributed by atoms with Gasteiger partial charge in [-0.15, -0.1) is 0 Å². The summed E-state index contributed by atoms with van der Waals surface area (Å²) < 4.78 is 5.24. The van der Waals surface area contributed by atoms with E-state index in [1.807, 2.05) is 0 Å². The highest BCUT2D eigenvalue weighted by Crippen LogP contribution is 2.08. The average molecular weight is 141 g/mol. The number of ether oxygens (including phenoxy) is 1. The van der Waals surface area contributed by atoms with E-state index in [9.17, 15) is 0 Å². The molecule has 2 nitrogen and oxygen atoms in total. The first-order chi connectivity index (χ1) is 4.83. The van der Waals surface area contributed by atoms with Crippen molar-refractivity contribution in [2.75, 3.05) is 20.2 Å². The van der Waals surface area contributed by atoms with Gasteiger partial charge in [0, 0.05) is 20.2 Å². The smallest absolute Gasteiger partial charge is 0.0732 e. The third-order valence-corrected chi connectivity index (χ3v) is 1.85. The predicted molar refractivity (Wildman–Crippen MR) is 42.0 cm³/mol. The number of hydrogen-bond donors (Lipinski definition) is 1. The monoisotopic (exact) mass is 141 g/mol. The van der Waals surface area contributed by atoms with Gasteiger partial charge in [0.15, 0.2) is 0 Å². The quantitative estimate of drug-likeness (QED) is 0.549. The lowest BCUT2D eigenvalue weighted by Gasteiger charge is -2.12. The fraction of sp³-hybridized carbons (Fsp3) is 0.750. The van der Waals surface area contributed by atoms with Crippen LogP contribution in [0.3, 0.4) is 0 Å². The van der Waals surface area contributed by atoms with Crippen LogP contribution in [0.15, 0.2) is 11.6 Å². The first-order valence-corrected chi connectivity index (χ1v) is 3.72. The Balaban J connectivity index is 2.43. The molecule has 0 radical (unpaired) electrons. The Morgan fingerprint density at radius 3 is 3.20 bits per heavy atom. The van der Waals surface area contributed by atoms with Gasteiger partial charge in [0.1, 0.15) is 0 Å². The molecule has 1 aliphatic rings. The topological polar surface area (TPSA) is 21.3 Å². The van der Waals surface area contributed by atoms with Crippen molar-refractivity contribution in [3.63, 3.8) is 0 Å². The Kier molecular flexibility index (Phi) is 2.90. The summed E-state index contributed by atoms with van der Waals surface area (Å²) in [7, 11) is 1.77. The van der Waals surface area contributed by atoms with Crippen LogP contribution < -0.4 is 5.32 Å². The van der Waals surface area contributed by atoms with Crippen LogP contribution in [0.2, 0.25) is 0 Å². The first kappa shape index (κ1) is 7.76. The van der Waals surface area contributed by atoms with Gasteiger partial charge >= 0.3 is 0 Å². The maximum absolute atomic E-state index is 5.24. The van der Waals surface area contributed by atoms with E-state index in [0.717, 1.165) is 19.5 Å². The third kappa shape index (κ3) is 2.12. The lowest BCUT2D eigenvalue weighted by molar-refractivity contribution is 0.105. The minimum absolute atomic E-state index is 0.374. The number of hydrogen-bond acceptors (Lipinski definition) is 2. The molecule has 1 atom stereocenters. The first-order valence-electron chi connectivity index (χ1n) is 3.72. The summed E-state index contributed by atoms with van der Waals surface area (Å²) in [5.74, 6) is 0. The SMILES string of the molecule is COC1CNCC=C(C)C1. The van der Waals surface area contributed by atoms with E-state index in [1.54, 1.807) is 7.11 Å². The molecule has 1 unspecified atom stereocenters. The van der Waals surface area contributed by atoms with Crippen molar-refractivity contribution in [3.8, 4) is 0 Å². The van der Waals surface area contributed by atoms with Crippen LogP contribution in [-0.2, 0) is 4.74 Å². The molecular weight excluding hydrogens is 126 g/mol. The van der Waals surface area contributed by atoms with Gasteiger partial charge in [-0.1, -0.05) is 11.6 Å². The number of rotatable bonds is 1. The van der Waals surface area contributed by atoms with Gasteiger partial charge in [-0.3, -0.25) is 0 Å². The van der Waals surface area contributed by atoms with Crippen molar-refractivity contribution in [2.45, 2.75) is 19.4 Å². The molecule has 10 heavy (non-hydrogen) atoms. The molecule has 0 fully saturated rings. The zero-order valence-corrected chi connectivity index (χ0v) is 6.68. The molecule has 0 aliphatic carbocycles. The summed E-state index contributed by atoms with van der Waals surface area (Å²) in [5, 5.41) is 3.28. The summed E-state index contributed by atoms with van der Waals surface area (Å²) in [4.78, 5) is 0. The molecule has 0 amide bonds. The Bertz CT molecular complexity index is 131. The zero-order chi connectivity index (χ0) is 7.40. The molecule has 1 heterocycles. The number of methoxy groups -OCH3 is 1. The minimum atomic E-state index is 0.374. The van der Waals surface area contributed by atoms with Crippen LogP contribution in [-0.4, -0.2) is 26.3 Å². The summed E-state index contributed by atoms with van der Waals surface area (Å²) in [6.07, 6.45) is 3.67. The molecule has 58 valence electrons. The predicted octanol–water partition coefficient (Wildman–Crippen LogP) is 0.941. The lowest BCUT2D eigenvalue weighted by atomic mass is 10.1. The zero-order valence-electron chi connectivity index (χ0n) is 6.68. The van der Waals surface area contributed by atoms with Crippen LogP contribution in [0.5, 0.6) is 0 Å². The Hall–Kier alpha value is -0.340. The fourth-order valence-corrected chi connectivity index (χ4v) is 1.17. The van der Waals surface area contributed by atoms with Crippen molar-refractivity contribution in [3.05, 3.63) is 11.6 Å². The fourth-order valence-electron chi connectivity index (χ4n) is 1.17. The third-order valence-electron chi connectivity index (χ3n) is 1.85. The highest BCUT2D eigenvalue weighted by molar-refractivity contribution is 5.03. The molecule has 0 saturated carbocycles. The second-order valence-electron chi connectivity index (χ2n) is 2.77. The van der Waals surface area contributed by atoms with Crippen LogP contribution in [0.4, 0.5) is 0 Å². The van der Waals surface area contributed by atoms with E-state index in [1.165, 1.54) is 5.57 Å². The van der Waals surface area contributed by atoms with Gasteiger partial charge in [-0.05, 0) is 13.3 Å². The van der Waals surface area contributed by atoms with Gasteiger partial charge in [-0.25, -0.2) is 0 Å². The Labute approximate surface area is 62.3 Å². The van der Waals surface area contributed by atoms with Crippen LogP contribution in [0, 0.1) is 0 Å². The molecule has 2 heteroatoms. The maximum Gasteiger partial charge on any atom is 0.0732 e. The Morgan fingerprint density at radius 2 is 2.50 bits per heavy atom. The van der Waals surface area contributed by atoms with Crippen molar-refractivity contribution in [1.82, 2.24) is 5.32 Å². The van der Waals surface area contributed by atoms with Crippen molar-refractivity contribution >= 4 is 0 Å². The lowest BCUT2D eigenvalue weighted by Crippen LogP contribution is -2.26. The highest BCUT2D eigenvalue weighted by atomic mass is 16.5. The molecule has 1 N–H and O–H groups in total. The highest BCUT2D eigenvalue weighted by Gasteiger charge is 2.09. The normalized spacial score (nSPS) is 27.4. The van der Waals surface area contributed by atoms with Crippen LogP contribution >= 0.6 is 0 Å². The molecule has 0 aromatic carbocycles. The van der Waals surface area contributed by atoms with E-state index in [4.69, 9.17) is 4.74 Å².